The first-order valence-corrected chi connectivity index (χ1v) is 7.78. The van der Waals surface area contributed by atoms with Crippen LogP contribution < -0.4 is 5.32 Å². The van der Waals surface area contributed by atoms with Gasteiger partial charge in [-0.15, -0.1) is 0 Å². The average Bonchev–Trinajstić information content (AvgIpc) is 3.17. The van der Waals surface area contributed by atoms with Crippen molar-refractivity contribution in [2.45, 2.75) is 42.9 Å². The molecular weight excluding hydrogens is 228 g/mol. The maximum absolute atomic E-state index is 4.58. The van der Waals surface area contributed by atoms with Gasteiger partial charge >= 0.3 is 0 Å². The van der Waals surface area contributed by atoms with Gasteiger partial charge in [0.2, 0.25) is 0 Å². The summed E-state index contributed by atoms with van der Waals surface area (Å²) in [7, 11) is 0. The van der Waals surface area contributed by atoms with Gasteiger partial charge in [-0.1, -0.05) is 6.07 Å². The molecule has 3 rings (SSSR count). The molecule has 0 spiro atoms. The Balaban J connectivity index is 1.68. The molecule has 1 aromatic rings. The molecule has 92 valence electrons. The van der Waals surface area contributed by atoms with Crippen LogP contribution in [0.5, 0.6) is 0 Å². The van der Waals surface area contributed by atoms with E-state index in [2.05, 4.69) is 28.7 Å². The van der Waals surface area contributed by atoms with Crippen molar-refractivity contribution in [2.75, 3.05) is 12.8 Å². The zero-order valence-corrected chi connectivity index (χ0v) is 11.2. The molecule has 0 amide bonds. The highest BCUT2D eigenvalue weighted by Gasteiger charge is 2.42. The van der Waals surface area contributed by atoms with Crippen LogP contribution in [-0.4, -0.2) is 22.5 Å². The molecule has 0 bridgehead atoms. The van der Waals surface area contributed by atoms with Gasteiger partial charge in [0, 0.05) is 23.5 Å². The van der Waals surface area contributed by atoms with Gasteiger partial charge in [0.1, 0.15) is 0 Å². The minimum absolute atomic E-state index is 0.490. The highest BCUT2D eigenvalue weighted by atomic mass is 32.2. The summed E-state index contributed by atoms with van der Waals surface area (Å²) in [5, 5.41) is 3.75. The maximum Gasteiger partial charge on any atom is 0.0605 e. The van der Waals surface area contributed by atoms with Crippen molar-refractivity contribution in [2.24, 2.45) is 0 Å². The fourth-order valence-electron chi connectivity index (χ4n) is 2.71. The van der Waals surface area contributed by atoms with E-state index in [9.17, 15) is 0 Å². The average molecular weight is 248 g/mol. The van der Waals surface area contributed by atoms with E-state index in [-0.39, 0.29) is 0 Å². The second kappa shape index (κ2) is 4.62. The fraction of sp³-hybridized carbons (Fsp3) is 0.643. The minimum atomic E-state index is 0.490. The Hall–Kier alpha value is -0.540. The molecule has 1 N–H and O–H groups in total. The normalized spacial score (nSPS) is 25.4. The molecule has 3 heteroatoms. The molecule has 17 heavy (non-hydrogen) atoms. The summed E-state index contributed by atoms with van der Waals surface area (Å²) in [5.41, 5.74) is 2.75. The number of pyridine rings is 1. The van der Waals surface area contributed by atoms with Gasteiger partial charge < -0.3 is 5.32 Å². The van der Waals surface area contributed by atoms with Crippen LogP contribution in [0, 0.1) is 0 Å². The molecule has 1 heterocycles. The smallest absolute Gasteiger partial charge is 0.0605 e. The summed E-state index contributed by atoms with van der Waals surface area (Å²) >= 11 is 2.03. The lowest BCUT2D eigenvalue weighted by Crippen LogP contribution is -2.32. The van der Waals surface area contributed by atoms with E-state index in [1.165, 1.54) is 43.4 Å². The van der Waals surface area contributed by atoms with Gasteiger partial charge in [-0.2, -0.15) is 11.8 Å². The Labute approximate surface area is 108 Å². The SMILES string of the molecule is CSC1(CNC2CCCc3cccnc32)CC1. The van der Waals surface area contributed by atoms with Crippen molar-refractivity contribution in [3.05, 3.63) is 29.6 Å². The standard InChI is InChI=1S/C14H20N2S/c1-17-14(7-8-14)10-16-12-6-2-4-11-5-3-9-15-13(11)12/h3,5,9,12,16H,2,4,6-8,10H2,1H3. The van der Waals surface area contributed by atoms with Crippen molar-refractivity contribution in [1.82, 2.24) is 10.3 Å². The van der Waals surface area contributed by atoms with Gasteiger partial charge in [0.25, 0.3) is 0 Å². The number of aryl methyl sites for hydroxylation is 1. The Morgan fingerprint density at radius 1 is 1.53 bits per heavy atom. The number of fused-ring (bicyclic) bond motifs is 1. The summed E-state index contributed by atoms with van der Waals surface area (Å²) in [6.07, 6.45) is 10.7. The number of nitrogens with one attached hydrogen (secondary N) is 1. The molecular formula is C14H20N2S. The lowest BCUT2D eigenvalue weighted by Gasteiger charge is -2.27. The van der Waals surface area contributed by atoms with Gasteiger partial charge in [-0.25, -0.2) is 0 Å². The molecule has 0 aromatic carbocycles. The third kappa shape index (κ3) is 2.36. The van der Waals surface area contributed by atoms with Crippen molar-refractivity contribution < 1.29 is 0 Å². The van der Waals surface area contributed by atoms with Gasteiger partial charge in [0.15, 0.2) is 0 Å². The third-order valence-corrected chi connectivity index (χ3v) is 5.53. The Morgan fingerprint density at radius 2 is 2.41 bits per heavy atom. The molecule has 1 atom stereocenters. The zero-order chi connectivity index (χ0) is 11.7. The van der Waals surface area contributed by atoms with Crippen LogP contribution in [0.1, 0.15) is 43.0 Å². The number of rotatable bonds is 4. The van der Waals surface area contributed by atoms with E-state index in [1.807, 2.05) is 18.0 Å². The van der Waals surface area contributed by atoms with E-state index < -0.39 is 0 Å². The van der Waals surface area contributed by atoms with E-state index in [4.69, 9.17) is 0 Å². The first-order valence-electron chi connectivity index (χ1n) is 6.55. The summed E-state index contributed by atoms with van der Waals surface area (Å²) in [6, 6.07) is 4.79. The van der Waals surface area contributed by atoms with Crippen LogP contribution in [0.2, 0.25) is 0 Å². The maximum atomic E-state index is 4.58. The highest BCUT2D eigenvalue weighted by Crippen LogP contribution is 2.47. The summed E-state index contributed by atoms with van der Waals surface area (Å²) in [4.78, 5) is 4.58. The Bertz CT molecular complexity index is 401. The lowest BCUT2D eigenvalue weighted by molar-refractivity contribution is 0.446. The molecule has 2 nitrogen and oxygen atoms in total. The van der Waals surface area contributed by atoms with Gasteiger partial charge in [-0.05, 0) is 50.0 Å². The molecule has 1 aromatic heterocycles. The van der Waals surface area contributed by atoms with Crippen LogP contribution in [0.25, 0.3) is 0 Å². The largest absolute Gasteiger partial charge is 0.307 e. The predicted octanol–water partition coefficient (Wildman–Crippen LogP) is 2.94. The summed E-state index contributed by atoms with van der Waals surface area (Å²) in [6.45, 7) is 1.15. The quantitative estimate of drug-likeness (QED) is 0.887. The molecule has 2 aliphatic carbocycles. The van der Waals surface area contributed by atoms with Gasteiger partial charge in [0.05, 0.1) is 5.69 Å². The van der Waals surface area contributed by atoms with Crippen molar-refractivity contribution in [3.8, 4) is 0 Å². The van der Waals surface area contributed by atoms with Crippen molar-refractivity contribution >= 4 is 11.8 Å². The molecule has 2 aliphatic rings. The number of nitrogens with zero attached hydrogens (tertiary/aromatic N) is 1. The fourth-order valence-corrected chi connectivity index (χ4v) is 3.45. The predicted molar refractivity (Wildman–Crippen MR) is 73.4 cm³/mol. The first kappa shape index (κ1) is 11.5. The second-order valence-corrected chi connectivity index (χ2v) is 6.53. The van der Waals surface area contributed by atoms with Crippen LogP contribution >= 0.6 is 11.8 Å². The van der Waals surface area contributed by atoms with Crippen LogP contribution in [0.15, 0.2) is 18.3 Å². The first-order chi connectivity index (χ1) is 8.33. The van der Waals surface area contributed by atoms with Crippen molar-refractivity contribution in [3.63, 3.8) is 0 Å². The number of hydrogen-bond donors (Lipinski definition) is 1. The monoisotopic (exact) mass is 248 g/mol. The van der Waals surface area contributed by atoms with E-state index in [0.717, 1.165) is 6.54 Å². The molecule has 0 saturated heterocycles. The molecule has 1 unspecified atom stereocenters. The molecule has 1 saturated carbocycles. The number of hydrogen-bond acceptors (Lipinski definition) is 3. The minimum Gasteiger partial charge on any atom is -0.307 e. The van der Waals surface area contributed by atoms with E-state index >= 15 is 0 Å². The molecule has 0 aliphatic heterocycles. The second-order valence-electron chi connectivity index (χ2n) is 5.26. The van der Waals surface area contributed by atoms with Crippen LogP contribution in [0.3, 0.4) is 0 Å². The molecule has 1 fully saturated rings. The van der Waals surface area contributed by atoms with E-state index in [1.54, 1.807) is 0 Å². The zero-order valence-electron chi connectivity index (χ0n) is 10.4. The Kier molecular flexibility index (Phi) is 3.14. The Morgan fingerprint density at radius 3 is 3.18 bits per heavy atom. The van der Waals surface area contributed by atoms with Crippen LogP contribution in [0.4, 0.5) is 0 Å². The number of thioether (sulfide) groups is 1. The highest BCUT2D eigenvalue weighted by molar-refractivity contribution is 8.00. The van der Waals surface area contributed by atoms with Crippen molar-refractivity contribution in [1.29, 1.82) is 0 Å². The third-order valence-electron chi connectivity index (χ3n) is 4.11. The summed E-state index contributed by atoms with van der Waals surface area (Å²) in [5.74, 6) is 0. The summed E-state index contributed by atoms with van der Waals surface area (Å²) < 4.78 is 0.548. The van der Waals surface area contributed by atoms with Crippen LogP contribution in [-0.2, 0) is 6.42 Å². The lowest BCUT2D eigenvalue weighted by atomic mass is 9.92. The number of aromatic nitrogens is 1. The topological polar surface area (TPSA) is 24.9 Å². The van der Waals surface area contributed by atoms with E-state index in [0.29, 0.717) is 10.8 Å². The molecule has 0 radical (unpaired) electrons. The van der Waals surface area contributed by atoms with Gasteiger partial charge in [-0.3, -0.25) is 4.98 Å².